The number of hydrogen-bond acceptors (Lipinski definition) is 3. The maximum Gasteiger partial charge on any atom is 0.195 e. The molecular weight excluding hydrogens is 398 g/mol. The van der Waals surface area contributed by atoms with Crippen molar-refractivity contribution in [2.75, 3.05) is 0 Å². The Hall–Kier alpha value is -1.89. The van der Waals surface area contributed by atoms with Crippen LogP contribution < -0.4 is 0 Å². The number of thioether (sulfide) groups is 1. The Kier molecular flexibility index (Phi) is 5.65. The van der Waals surface area contributed by atoms with Crippen LogP contribution in [0.4, 0.5) is 8.78 Å². The normalized spacial score (nSPS) is 12.7. The highest BCUT2D eigenvalue weighted by molar-refractivity contribution is 8.12. The lowest BCUT2D eigenvalue weighted by molar-refractivity contribution is 0.577. The number of hydrogen-bond donors (Lipinski definition) is 0. The minimum absolute atomic E-state index is 0.0148. The van der Waals surface area contributed by atoms with Crippen LogP contribution in [-0.2, 0) is 9.84 Å². The SMILES string of the molecule is O=S(=O)(c1ccc(Cl)cc1)C(Sc1ccccc1)c1cc(F)ccc1F. The minimum Gasteiger partial charge on any atom is -0.222 e. The molecule has 3 aromatic carbocycles. The van der Waals surface area contributed by atoms with Crippen LogP contribution in [0.3, 0.4) is 0 Å². The third-order valence-corrected chi connectivity index (χ3v) is 7.68. The van der Waals surface area contributed by atoms with E-state index in [2.05, 4.69) is 0 Å². The molecule has 1 atom stereocenters. The summed E-state index contributed by atoms with van der Waals surface area (Å²) in [7, 11) is -4.01. The summed E-state index contributed by atoms with van der Waals surface area (Å²) < 4.78 is 53.0. The predicted molar refractivity (Wildman–Crippen MR) is 100 cm³/mol. The van der Waals surface area contributed by atoms with Crippen molar-refractivity contribution in [1.82, 2.24) is 0 Å². The molecule has 0 aliphatic carbocycles. The minimum atomic E-state index is -4.01. The molecule has 0 radical (unpaired) electrons. The van der Waals surface area contributed by atoms with Crippen LogP contribution in [0.1, 0.15) is 10.1 Å². The Labute approximate surface area is 159 Å². The van der Waals surface area contributed by atoms with Gasteiger partial charge in [0, 0.05) is 15.5 Å². The molecule has 1 unspecified atom stereocenters. The molecule has 0 heterocycles. The number of benzene rings is 3. The van der Waals surface area contributed by atoms with Gasteiger partial charge >= 0.3 is 0 Å². The van der Waals surface area contributed by atoms with E-state index in [9.17, 15) is 17.2 Å². The van der Waals surface area contributed by atoms with Crippen molar-refractivity contribution < 1.29 is 17.2 Å². The Morgan fingerprint density at radius 2 is 1.54 bits per heavy atom. The first-order chi connectivity index (χ1) is 12.4. The molecule has 0 amide bonds. The van der Waals surface area contributed by atoms with E-state index in [4.69, 9.17) is 11.6 Å². The zero-order valence-electron chi connectivity index (χ0n) is 13.3. The highest BCUT2D eigenvalue weighted by atomic mass is 35.5. The molecule has 0 aliphatic heterocycles. The summed E-state index contributed by atoms with van der Waals surface area (Å²) >= 11 is 6.77. The van der Waals surface area contributed by atoms with Gasteiger partial charge in [-0.15, -0.1) is 11.8 Å². The van der Waals surface area contributed by atoms with E-state index in [1.807, 2.05) is 0 Å². The Morgan fingerprint density at radius 1 is 0.885 bits per heavy atom. The third kappa shape index (κ3) is 4.09. The second-order valence-corrected chi connectivity index (χ2v) is 9.37. The quantitative estimate of drug-likeness (QED) is 0.492. The number of halogens is 3. The van der Waals surface area contributed by atoms with Gasteiger partial charge in [-0.25, -0.2) is 17.2 Å². The lowest BCUT2D eigenvalue weighted by Crippen LogP contribution is -2.13. The van der Waals surface area contributed by atoms with Crippen molar-refractivity contribution in [3.63, 3.8) is 0 Å². The van der Waals surface area contributed by atoms with Gasteiger partial charge in [0.15, 0.2) is 9.84 Å². The molecule has 7 heteroatoms. The fourth-order valence-corrected chi connectivity index (χ4v) is 5.81. The molecular formula is C19H13ClF2O2S2. The second kappa shape index (κ2) is 7.78. The third-order valence-electron chi connectivity index (χ3n) is 3.62. The van der Waals surface area contributed by atoms with Gasteiger partial charge in [-0.3, -0.25) is 0 Å². The average molecular weight is 411 g/mol. The highest BCUT2D eigenvalue weighted by Gasteiger charge is 2.32. The Balaban J connectivity index is 2.13. The van der Waals surface area contributed by atoms with Gasteiger partial charge in [-0.2, -0.15) is 0 Å². The average Bonchev–Trinajstić information content (AvgIpc) is 2.63. The highest BCUT2D eigenvalue weighted by Crippen LogP contribution is 2.43. The van der Waals surface area contributed by atoms with E-state index < -0.39 is 26.1 Å². The van der Waals surface area contributed by atoms with Crippen LogP contribution in [-0.4, -0.2) is 8.42 Å². The summed E-state index contributed by atoms with van der Waals surface area (Å²) in [6.07, 6.45) is 0. The Bertz CT molecular complexity index is 1010. The molecule has 134 valence electrons. The van der Waals surface area contributed by atoms with Crippen molar-refractivity contribution in [2.24, 2.45) is 0 Å². The largest absolute Gasteiger partial charge is 0.222 e. The smallest absolute Gasteiger partial charge is 0.195 e. The van der Waals surface area contributed by atoms with Crippen LogP contribution in [0, 0.1) is 11.6 Å². The van der Waals surface area contributed by atoms with Crippen molar-refractivity contribution >= 4 is 33.2 Å². The maximum atomic E-state index is 14.4. The van der Waals surface area contributed by atoms with E-state index in [-0.39, 0.29) is 10.5 Å². The van der Waals surface area contributed by atoms with Gasteiger partial charge in [0.25, 0.3) is 0 Å². The molecule has 2 nitrogen and oxygen atoms in total. The van der Waals surface area contributed by atoms with Crippen LogP contribution in [0.15, 0.2) is 82.6 Å². The standard InChI is InChI=1S/C19H13ClF2O2S2/c20-13-6-9-16(10-7-13)26(23,24)19(25-15-4-2-1-3-5-15)17-12-14(21)8-11-18(17)22/h1-12,19H. The van der Waals surface area contributed by atoms with E-state index in [0.29, 0.717) is 9.92 Å². The molecule has 3 aromatic rings. The monoisotopic (exact) mass is 410 g/mol. The second-order valence-electron chi connectivity index (χ2n) is 5.43. The molecule has 0 saturated carbocycles. The van der Waals surface area contributed by atoms with Gasteiger partial charge in [-0.1, -0.05) is 29.8 Å². The molecule has 3 rings (SSSR count). The van der Waals surface area contributed by atoms with Gasteiger partial charge in [-0.05, 0) is 54.6 Å². The topological polar surface area (TPSA) is 34.1 Å². The fourth-order valence-electron chi connectivity index (χ4n) is 2.36. The molecule has 0 aromatic heterocycles. The number of sulfone groups is 1. The van der Waals surface area contributed by atoms with E-state index >= 15 is 0 Å². The summed E-state index contributed by atoms with van der Waals surface area (Å²) in [5, 5.41) is 0.383. The van der Waals surface area contributed by atoms with Crippen molar-refractivity contribution in [2.45, 2.75) is 14.4 Å². The molecule has 0 fully saturated rings. The summed E-state index contributed by atoms with van der Waals surface area (Å²) in [6, 6.07) is 17.1. The van der Waals surface area contributed by atoms with E-state index in [1.54, 1.807) is 30.3 Å². The zero-order valence-corrected chi connectivity index (χ0v) is 15.7. The van der Waals surface area contributed by atoms with E-state index in [1.165, 1.54) is 24.3 Å². The lowest BCUT2D eigenvalue weighted by Gasteiger charge is -2.19. The molecule has 0 spiro atoms. The predicted octanol–water partition coefficient (Wildman–Crippen LogP) is 5.88. The fraction of sp³-hybridized carbons (Fsp3) is 0.0526. The molecule has 26 heavy (non-hydrogen) atoms. The van der Waals surface area contributed by atoms with Crippen LogP contribution >= 0.6 is 23.4 Å². The van der Waals surface area contributed by atoms with Gasteiger partial charge in [0.2, 0.25) is 0 Å². The Morgan fingerprint density at radius 3 is 2.19 bits per heavy atom. The van der Waals surface area contributed by atoms with Crippen molar-refractivity contribution in [3.05, 3.63) is 95.0 Å². The van der Waals surface area contributed by atoms with Crippen LogP contribution in [0.5, 0.6) is 0 Å². The van der Waals surface area contributed by atoms with Crippen molar-refractivity contribution in [1.29, 1.82) is 0 Å². The molecule has 0 saturated heterocycles. The summed E-state index contributed by atoms with van der Waals surface area (Å²) in [6.45, 7) is 0. The first-order valence-electron chi connectivity index (χ1n) is 7.54. The van der Waals surface area contributed by atoms with Crippen LogP contribution in [0.25, 0.3) is 0 Å². The van der Waals surface area contributed by atoms with E-state index in [0.717, 1.165) is 30.0 Å². The zero-order chi connectivity index (χ0) is 18.7. The van der Waals surface area contributed by atoms with Crippen molar-refractivity contribution in [3.8, 4) is 0 Å². The number of rotatable bonds is 5. The van der Waals surface area contributed by atoms with Gasteiger partial charge in [0.05, 0.1) is 4.90 Å². The molecule has 0 N–H and O–H groups in total. The van der Waals surface area contributed by atoms with Gasteiger partial charge in [0.1, 0.15) is 16.2 Å². The summed E-state index contributed by atoms with van der Waals surface area (Å²) in [5.74, 6) is -1.48. The first kappa shape index (κ1) is 18.9. The summed E-state index contributed by atoms with van der Waals surface area (Å²) in [4.78, 5) is 0.609. The molecule has 0 bridgehead atoms. The molecule has 0 aliphatic rings. The lowest BCUT2D eigenvalue weighted by atomic mass is 10.2. The maximum absolute atomic E-state index is 14.4. The first-order valence-corrected chi connectivity index (χ1v) is 10.3. The summed E-state index contributed by atoms with van der Waals surface area (Å²) in [5.41, 5.74) is -0.228. The van der Waals surface area contributed by atoms with Crippen LogP contribution in [0.2, 0.25) is 5.02 Å². The van der Waals surface area contributed by atoms with Gasteiger partial charge < -0.3 is 0 Å².